The van der Waals surface area contributed by atoms with Crippen molar-refractivity contribution in [2.24, 2.45) is 11.5 Å². The van der Waals surface area contributed by atoms with Crippen molar-refractivity contribution in [2.45, 2.75) is 18.9 Å². The number of carbonyl (C=O) groups is 2. The second kappa shape index (κ2) is 3.84. The van der Waals surface area contributed by atoms with Crippen LogP contribution in [0, 0.1) is 0 Å². The van der Waals surface area contributed by atoms with Gasteiger partial charge in [0.2, 0.25) is 0 Å². The Kier molecular flexibility index (Phi) is 2.52. The average Bonchev–Trinajstić information content (AvgIpc) is 3.01. The summed E-state index contributed by atoms with van der Waals surface area (Å²) in [6.45, 7) is 0. The molecule has 0 radical (unpaired) electrons. The van der Waals surface area contributed by atoms with Gasteiger partial charge in [0.25, 0.3) is 11.8 Å². The largest absolute Gasteiger partial charge is 0.489 e. The Balaban J connectivity index is 2.47. The zero-order valence-corrected chi connectivity index (χ0v) is 8.60. The number of benzene rings is 1. The summed E-state index contributed by atoms with van der Waals surface area (Å²) in [4.78, 5) is 22.4. The maximum Gasteiger partial charge on any atom is 0.252 e. The topological polar surface area (TPSA) is 95.4 Å². The lowest BCUT2D eigenvalue weighted by Gasteiger charge is -2.11. The first-order chi connectivity index (χ1) is 7.59. The van der Waals surface area contributed by atoms with Crippen molar-refractivity contribution in [1.29, 1.82) is 0 Å². The highest BCUT2D eigenvalue weighted by molar-refractivity contribution is 6.02. The first-order valence-electron chi connectivity index (χ1n) is 4.99. The van der Waals surface area contributed by atoms with E-state index in [2.05, 4.69) is 0 Å². The van der Waals surface area contributed by atoms with E-state index in [1.54, 1.807) is 6.07 Å². The molecule has 0 bridgehead atoms. The number of nitrogens with two attached hydrogens (primary N) is 2. The first-order valence-corrected chi connectivity index (χ1v) is 4.99. The number of ether oxygens (including phenoxy) is 1. The zero-order valence-electron chi connectivity index (χ0n) is 8.60. The normalized spacial score (nSPS) is 14.5. The third-order valence-electron chi connectivity index (χ3n) is 2.35. The summed E-state index contributed by atoms with van der Waals surface area (Å²) >= 11 is 0. The summed E-state index contributed by atoms with van der Waals surface area (Å²) < 4.78 is 5.51. The van der Waals surface area contributed by atoms with Gasteiger partial charge in [0, 0.05) is 0 Å². The van der Waals surface area contributed by atoms with Gasteiger partial charge in [-0.25, -0.2) is 0 Å². The molecule has 0 heterocycles. The van der Waals surface area contributed by atoms with Crippen molar-refractivity contribution in [1.82, 2.24) is 0 Å². The monoisotopic (exact) mass is 220 g/mol. The standard InChI is InChI=1S/C11H12N2O3/c12-10(14)7-2-1-3-8(11(13)15)9(7)16-6-4-5-6/h1-3,6H,4-5H2,(H2,12,14)(H2,13,15). The molecule has 0 unspecified atom stereocenters. The molecule has 0 aliphatic heterocycles. The number of carbonyl (C=O) groups excluding carboxylic acids is 2. The number of primary amides is 2. The molecule has 0 saturated heterocycles. The fourth-order valence-corrected chi connectivity index (χ4v) is 1.40. The third-order valence-corrected chi connectivity index (χ3v) is 2.35. The van der Waals surface area contributed by atoms with Crippen LogP contribution in [0.5, 0.6) is 5.75 Å². The predicted octanol–water partition coefficient (Wildman–Crippen LogP) is 0.426. The highest BCUT2D eigenvalue weighted by Crippen LogP contribution is 2.31. The van der Waals surface area contributed by atoms with E-state index in [1.165, 1.54) is 12.1 Å². The van der Waals surface area contributed by atoms with Crippen LogP contribution >= 0.6 is 0 Å². The summed E-state index contributed by atoms with van der Waals surface area (Å²) in [7, 11) is 0. The van der Waals surface area contributed by atoms with Gasteiger partial charge >= 0.3 is 0 Å². The Morgan fingerprint density at radius 2 is 1.62 bits per heavy atom. The van der Waals surface area contributed by atoms with Crippen LogP contribution in [-0.2, 0) is 0 Å². The van der Waals surface area contributed by atoms with Crippen molar-refractivity contribution in [3.63, 3.8) is 0 Å². The molecule has 1 aliphatic rings. The third kappa shape index (κ3) is 1.98. The van der Waals surface area contributed by atoms with Gasteiger partial charge in [0.15, 0.2) is 0 Å². The number of hydrogen-bond acceptors (Lipinski definition) is 3. The second-order valence-electron chi connectivity index (χ2n) is 3.73. The molecule has 1 aromatic rings. The summed E-state index contributed by atoms with van der Waals surface area (Å²) in [5.41, 5.74) is 10.8. The molecule has 4 N–H and O–H groups in total. The highest BCUT2D eigenvalue weighted by Gasteiger charge is 2.27. The first kappa shape index (κ1) is 10.5. The average molecular weight is 220 g/mol. The molecule has 1 aromatic carbocycles. The van der Waals surface area contributed by atoms with E-state index in [0.29, 0.717) is 0 Å². The predicted molar refractivity (Wildman–Crippen MR) is 57.1 cm³/mol. The molecular weight excluding hydrogens is 208 g/mol. The van der Waals surface area contributed by atoms with E-state index < -0.39 is 11.8 Å². The van der Waals surface area contributed by atoms with Crippen LogP contribution < -0.4 is 16.2 Å². The Morgan fingerprint density at radius 1 is 1.12 bits per heavy atom. The van der Waals surface area contributed by atoms with E-state index in [-0.39, 0.29) is 23.0 Å². The van der Waals surface area contributed by atoms with Crippen LogP contribution in [0.1, 0.15) is 33.6 Å². The maximum atomic E-state index is 11.2. The summed E-state index contributed by atoms with van der Waals surface area (Å²) in [6.07, 6.45) is 1.91. The molecule has 0 spiro atoms. The summed E-state index contributed by atoms with van der Waals surface area (Å²) in [5.74, 6) is -1.04. The van der Waals surface area contributed by atoms with E-state index in [9.17, 15) is 9.59 Å². The van der Waals surface area contributed by atoms with Gasteiger partial charge in [-0.15, -0.1) is 0 Å². The minimum atomic E-state index is -0.626. The lowest BCUT2D eigenvalue weighted by molar-refractivity contribution is 0.0993. The molecular formula is C11H12N2O3. The highest BCUT2D eigenvalue weighted by atomic mass is 16.5. The van der Waals surface area contributed by atoms with Gasteiger partial charge in [-0.1, -0.05) is 6.07 Å². The molecule has 5 nitrogen and oxygen atoms in total. The Hall–Kier alpha value is -2.04. The smallest absolute Gasteiger partial charge is 0.252 e. The molecule has 0 aromatic heterocycles. The van der Waals surface area contributed by atoms with Gasteiger partial charge in [-0.3, -0.25) is 9.59 Å². The van der Waals surface area contributed by atoms with E-state index >= 15 is 0 Å². The molecule has 1 saturated carbocycles. The minimum Gasteiger partial charge on any atom is -0.489 e. The quantitative estimate of drug-likeness (QED) is 0.769. The van der Waals surface area contributed by atoms with Crippen molar-refractivity contribution in [2.75, 3.05) is 0 Å². The molecule has 0 atom stereocenters. The Labute approximate surface area is 92.4 Å². The number of hydrogen-bond donors (Lipinski definition) is 2. The fraction of sp³-hybridized carbons (Fsp3) is 0.273. The lowest BCUT2D eigenvalue weighted by atomic mass is 10.1. The lowest BCUT2D eigenvalue weighted by Crippen LogP contribution is -2.19. The maximum absolute atomic E-state index is 11.2. The van der Waals surface area contributed by atoms with Gasteiger partial charge in [0.05, 0.1) is 17.2 Å². The molecule has 1 aliphatic carbocycles. The Bertz CT molecular complexity index is 420. The molecule has 2 rings (SSSR count). The van der Waals surface area contributed by atoms with E-state index in [1.807, 2.05) is 0 Å². The van der Waals surface area contributed by atoms with Crippen LogP contribution in [0.3, 0.4) is 0 Å². The van der Waals surface area contributed by atoms with Gasteiger partial charge in [-0.2, -0.15) is 0 Å². The van der Waals surface area contributed by atoms with Crippen molar-refractivity contribution >= 4 is 11.8 Å². The Morgan fingerprint density at radius 3 is 2.00 bits per heavy atom. The van der Waals surface area contributed by atoms with Crippen LogP contribution in [0.15, 0.2) is 18.2 Å². The summed E-state index contributed by atoms with van der Waals surface area (Å²) in [6, 6.07) is 4.60. The van der Waals surface area contributed by atoms with Crippen LogP contribution in [0.25, 0.3) is 0 Å². The molecule has 5 heteroatoms. The SMILES string of the molecule is NC(=O)c1cccc(C(N)=O)c1OC1CC1. The molecule has 2 amide bonds. The van der Waals surface area contributed by atoms with Crippen molar-refractivity contribution in [3.05, 3.63) is 29.3 Å². The van der Waals surface area contributed by atoms with E-state index in [0.717, 1.165) is 12.8 Å². The second-order valence-corrected chi connectivity index (χ2v) is 3.73. The zero-order chi connectivity index (χ0) is 11.7. The van der Waals surface area contributed by atoms with E-state index in [4.69, 9.17) is 16.2 Å². The van der Waals surface area contributed by atoms with Crippen LogP contribution in [-0.4, -0.2) is 17.9 Å². The molecule has 1 fully saturated rings. The fourth-order valence-electron chi connectivity index (χ4n) is 1.40. The van der Waals surface area contributed by atoms with Crippen LogP contribution in [0.4, 0.5) is 0 Å². The van der Waals surface area contributed by atoms with Crippen LogP contribution in [0.2, 0.25) is 0 Å². The van der Waals surface area contributed by atoms with Gasteiger partial charge in [-0.05, 0) is 25.0 Å². The van der Waals surface area contributed by atoms with Gasteiger partial charge < -0.3 is 16.2 Å². The number of amides is 2. The number of rotatable bonds is 4. The van der Waals surface area contributed by atoms with Crippen molar-refractivity contribution in [3.8, 4) is 5.75 Å². The summed E-state index contributed by atoms with van der Waals surface area (Å²) in [5, 5.41) is 0. The number of para-hydroxylation sites is 1. The molecule has 16 heavy (non-hydrogen) atoms. The van der Waals surface area contributed by atoms with Gasteiger partial charge in [0.1, 0.15) is 5.75 Å². The minimum absolute atomic E-state index is 0.0681. The molecule has 84 valence electrons. The van der Waals surface area contributed by atoms with Crippen molar-refractivity contribution < 1.29 is 14.3 Å².